The monoisotopic (exact) mass is 175 g/mol. The molecule has 3 heteroatoms. The molecule has 2 aromatic rings. The van der Waals surface area contributed by atoms with Crippen LogP contribution in [0.15, 0.2) is 30.5 Å². The van der Waals surface area contributed by atoms with Crippen LogP contribution in [0.1, 0.15) is 0 Å². The maximum Gasteiger partial charge on any atom is 0.0474 e. The zero-order valence-corrected chi connectivity index (χ0v) is 7.38. The largest absolute Gasteiger partial charge is 0.383 e. The minimum Gasteiger partial charge on any atom is -0.383 e. The highest BCUT2D eigenvalue weighted by atomic mass is 14.9. The topological polar surface area (TPSA) is 53.8 Å². The number of H-pyrrole nitrogens is 1. The van der Waals surface area contributed by atoms with Crippen molar-refractivity contribution in [1.82, 2.24) is 4.98 Å². The van der Waals surface area contributed by atoms with Crippen molar-refractivity contribution in [2.24, 2.45) is 5.73 Å². The summed E-state index contributed by atoms with van der Waals surface area (Å²) in [4.78, 5) is 3.17. The van der Waals surface area contributed by atoms with E-state index in [9.17, 15) is 0 Å². The highest BCUT2D eigenvalue weighted by Crippen LogP contribution is 2.21. The van der Waals surface area contributed by atoms with Crippen LogP contribution in [-0.2, 0) is 0 Å². The van der Waals surface area contributed by atoms with Crippen LogP contribution in [0, 0.1) is 0 Å². The second-order valence-corrected chi connectivity index (χ2v) is 2.96. The summed E-state index contributed by atoms with van der Waals surface area (Å²) < 4.78 is 0. The van der Waals surface area contributed by atoms with E-state index in [1.54, 1.807) is 0 Å². The molecule has 1 aromatic heterocycles. The number of anilines is 1. The van der Waals surface area contributed by atoms with Crippen LogP contribution in [-0.4, -0.2) is 18.1 Å². The number of fused-ring (bicyclic) bond motifs is 1. The Bertz CT molecular complexity index is 392. The quantitative estimate of drug-likeness (QED) is 0.662. The first-order chi connectivity index (χ1) is 6.42. The van der Waals surface area contributed by atoms with Crippen molar-refractivity contribution in [2.45, 2.75) is 0 Å². The Morgan fingerprint density at radius 1 is 1.31 bits per heavy atom. The van der Waals surface area contributed by atoms with Crippen LogP contribution < -0.4 is 11.1 Å². The first-order valence-corrected chi connectivity index (χ1v) is 4.42. The molecule has 0 saturated heterocycles. The average Bonchev–Trinajstić information content (AvgIpc) is 2.62. The fourth-order valence-corrected chi connectivity index (χ4v) is 1.45. The summed E-state index contributed by atoms with van der Waals surface area (Å²) in [7, 11) is 0. The predicted molar refractivity (Wildman–Crippen MR) is 55.8 cm³/mol. The zero-order chi connectivity index (χ0) is 9.10. The lowest BCUT2D eigenvalue weighted by Crippen LogP contribution is -2.13. The van der Waals surface area contributed by atoms with Gasteiger partial charge in [-0.2, -0.15) is 0 Å². The average molecular weight is 175 g/mol. The van der Waals surface area contributed by atoms with Crippen LogP contribution in [0.25, 0.3) is 10.9 Å². The number of nitrogens with one attached hydrogen (secondary N) is 2. The third-order valence-corrected chi connectivity index (χ3v) is 2.05. The lowest BCUT2D eigenvalue weighted by molar-refractivity contribution is 1.03. The van der Waals surface area contributed by atoms with Gasteiger partial charge in [0.1, 0.15) is 0 Å². The second-order valence-electron chi connectivity index (χ2n) is 2.96. The Balaban J connectivity index is 2.37. The summed E-state index contributed by atoms with van der Waals surface area (Å²) in [5, 5.41) is 4.50. The number of nitrogens with two attached hydrogens (primary N) is 1. The summed E-state index contributed by atoms with van der Waals surface area (Å²) in [5.41, 5.74) is 7.72. The molecule has 0 bridgehead atoms. The molecule has 0 aliphatic rings. The van der Waals surface area contributed by atoms with Crippen LogP contribution in [0.5, 0.6) is 0 Å². The van der Waals surface area contributed by atoms with E-state index < -0.39 is 0 Å². The molecule has 0 radical (unpaired) electrons. The van der Waals surface area contributed by atoms with Crippen molar-refractivity contribution in [3.63, 3.8) is 0 Å². The van der Waals surface area contributed by atoms with E-state index in [1.807, 2.05) is 12.3 Å². The Kier molecular flexibility index (Phi) is 2.19. The minimum atomic E-state index is 0.654. The van der Waals surface area contributed by atoms with Crippen molar-refractivity contribution in [2.75, 3.05) is 18.4 Å². The SMILES string of the molecule is NCCNc1cccc2[nH]ccc12. The molecule has 0 amide bonds. The van der Waals surface area contributed by atoms with E-state index in [0.29, 0.717) is 6.54 Å². The second kappa shape index (κ2) is 3.49. The van der Waals surface area contributed by atoms with Gasteiger partial charge in [-0.05, 0) is 18.2 Å². The molecule has 0 aliphatic carbocycles. The van der Waals surface area contributed by atoms with E-state index in [1.165, 1.54) is 5.39 Å². The maximum absolute atomic E-state index is 5.43. The summed E-state index contributed by atoms with van der Waals surface area (Å²) in [6.45, 7) is 1.46. The predicted octanol–water partition coefficient (Wildman–Crippen LogP) is 1.54. The molecule has 0 aliphatic heterocycles. The highest BCUT2D eigenvalue weighted by Gasteiger charge is 1.98. The standard InChI is InChI=1S/C10H13N3/c11-5-7-13-10-3-1-2-9-8(10)4-6-12-9/h1-4,6,12-13H,5,7,11H2. The lowest BCUT2D eigenvalue weighted by Gasteiger charge is -2.05. The van der Waals surface area contributed by atoms with E-state index in [0.717, 1.165) is 17.7 Å². The van der Waals surface area contributed by atoms with Gasteiger partial charge in [-0.15, -0.1) is 0 Å². The molecule has 0 unspecified atom stereocenters. The van der Waals surface area contributed by atoms with Gasteiger partial charge in [0, 0.05) is 35.9 Å². The maximum atomic E-state index is 5.43. The van der Waals surface area contributed by atoms with Crippen molar-refractivity contribution < 1.29 is 0 Å². The van der Waals surface area contributed by atoms with Crippen molar-refractivity contribution in [1.29, 1.82) is 0 Å². The van der Waals surface area contributed by atoms with Gasteiger partial charge in [-0.25, -0.2) is 0 Å². The van der Waals surface area contributed by atoms with Crippen molar-refractivity contribution >= 4 is 16.6 Å². The van der Waals surface area contributed by atoms with Gasteiger partial charge in [0.2, 0.25) is 0 Å². The number of rotatable bonds is 3. The molecule has 2 rings (SSSR count). The fourth-order valence-electron chi connectivity index (χ4n) is 1.45. The molecule has 0 fully saturated rings. The van der Waals surface area contributed by atoms with Crippen LogP contribution in [0.2, 0.25) is 0 Å². The van der Waals surface area contributed by atoms with Crippen molar-refractivity contribution in [3.8, 4) is 0 Å². The molecular formula is C10H13N3. The summed E-state index contributed by atoms with van der Waals surface area (Å²) >= 11 is 0. The number of aromatic amines is 1. The van der Waals surface area contributed by atoms with Gasteiger partial charge in [0.25, 0.3) is 0 Å². The van der Waals surface area contributed by atoms with E-state index in [4.69, 9.17) is 5.73 Å². The number of aromatic nitrogens is 1. The lowest BCUT2D eigenvalue weighted by atomic mass is 10.2. The third-order valence-electron chi connectivity index (χ3n) is 2.05. The van der Waals surface area contributed by atoms with Crippen LogP contribution in [0.4, 0.5) is 5.69 Å². The van der Waals surface area contributed by atoms with E-state index in [-0.39, 0.29) is 0 Å². The van der Waals surface area contributed by atoms with E-state index in [2.05, 4.69) is 28.5 Å². The smallest absolute Gasteiger partial charge is 0.0474 e. The number of hydrogen-bond donors (Lipinski definition) is 3. The number of benzene rings is 1. The zero-order valence-electron chi connectivity index (χ0n) is 7.38. The van der Waals surface area contributed by atoms with E-state index >= 15 is 0 Å². The Morgan fingerprint density at radius 3 is 3.08 bits per heavy atom. The first kappa shape index (κ1) is 8.13. The Morgan fingerprint density at radius 2 is 2.23 bits per heavy atom. The molecule has 0 saturated carbocycles. The minimum absolute atomic E-state index is 0.654. The fraction of sp³-hybridized carbons (Fsp3) is 0.200. The molecule has 0 atom stereocenters. The van der Waals surface area contributed by atoms with Crippen molar-refractivity contribution in [3.05, 3.63) is 30.5 Å². The summed E-state index contributed by atoms with van der Waals surface area (Å²) in [6, 6.07) is 8.21. The third kappa shape index (κ3) is 1.51. The van der Waals surface area contributed by atoms with Gasteiger partial charge in [0.05, 0.1) is 0 Å². The summed E-state index contributed by atoms with van der Waals surface area (Å²) in [5.74, 6) is 0. The molecule has 1 aromatic carbocycles. The molecule has 3 nitrogen and oxygen atoms in total. The normalized spacial score (nSPS) is 10.5. The Labute approximate surface area is 76.9 Å². The molecule has 1 heterocycles. The molecule has 13 heavy (non-hydrogen) atoms. The van der Waals surface area contributed by atoms with Gasteiger partial charge < -0.3 is 16.0 Å². The Hall–Kier alpha value is -1.48. The van der Waals surface area contributed by atoms with Gasteiger partial charge >= 0.3 is 0 Å². The number of hydrogen-bond acceptors (Lipinski definition) is 2. The van der Waals surface area contributed by atoms with Gasteiger partial charge in [-0.3, -0.25) is 0 Å². The molecule has 68 valence electrons. The van der Waals surface area contributed by atoms with Crippen LogP contribution in [0.3, 0.4) is 0 Å². The first-order valence-electron chi connectivity index (χ1n) is 4.42. The summed E-state index contributed by atoms with van der Waals surface area (Å²) in [6.07, 6.45) is 1.94. The van der Waals surface area contributed by atoms with Gasteiger partial charge in [0.15, 0.2) is 0 Å². The van der Waals surface area contributed by atoms with Gasteiger partial charge in [-0.1, -0.05) is 6.07 Å². The molecular weight excluding hydrogens is 162 g/mol. The van der Waals surface area contributed by atoms with Crippen LogP contribution >= 0.6 is 0 Å². The molecule has 4 N–H and O–H groups in total. The molecule has 0 spiro atoms. The highest BCUT2D eigenvalue weighted by molar-refractivity contribution is 5.91.